The lowest BCUT2D eigenvalue weighted by Crippen LogP contribution is -1.98. The molecule has 0 unspecified atom stereocenters. The number of hydrogen-bond donors (Lipinski definition) is 2. The summed E-state index contributed by atoms with van der Waals surface area (Å²) >= 11 is 0. The van der Waals surface area contributed by atoms with Crippen molar-refractivity contribution >= 4 is 9.84 Å². The number of rotatable bonds is 8. The molecule has 0 aromatic heterocycles. The third-order valence-corrected chi connectivity index (χ3v) is 6.85. The van der Waals surface area contributed by atoms with E-state index < -0.39 is 9.84 Å². The predicted molar refractivity (Wildman–Crippen MR) is 138 cm³/mol. The molecule has 36 heavy (non-hydrogen) atoms. The topological polar surface area (TPSA) is 102 Å². The normalized spacial score (nSPS) is 11.2. The van der Waals surface area contributed by atoms with Crippen molar-refractivity contribution in [2.75, 3.05) is 20.5 Å². The minimum atomic E-state index is -3.35. The van der Waals surface area contributed by atoms with E-state index in [1.54, 1.807) is 30.3 Å². The summed E-state index contributed by atoms with van der Waals surface area (Å²) in [5.74, 6) is 0.547. The Morgan fingerprint density at radius 3 is 2.03 bits per heavy atom. The van der Waals surface area contributed by atoms with Crippen molar-refractivity contribution in [1.29, 1.82) is 0 Å². The Labute approximate surface area is 210 Å². The quantitative estimate of drug-likeness (QED) is 0.328. The van der Waals surface area contributed by atoms with E-state index in [2.05, 4.69) is 0 Å². The summed E-state index contributed by atoms with van der Waals surface area (Å²) in [5, 5.41) is 21.8. The Morgan fingerprint density at radius 2 is 1.44 bits per heavy atom. The SMILES string of the molecule is COc1cc(-c2ccc(S(C)(=O)=O)cc2)c(OC)c(O)c1-c1ccc(OCc2ccccc2)c(O)c1. The van der Waals surface area contributed by atoms with Crippen molar-refractivity contribution in [2.45, 2.75) is 11.5 Å². The predicted octanol–water partition coefficient (Wildman–Crippen LogP) is 5.43. The van der Waals surface area contributed by atoms with Gasteiger partial charge in [-0.15, -0.1) is 0 Å². The van der Waals surface area contributed by atoms with Gasteiger partial charge in [-0.05, 0) is 47.0 Å². The Balaban J connectivity index is 1.72. The molecule has 4 aromatic carbocycles. The van der Waals surface area contributed by atoms with E-state index in [0.29, 0.717) is 40.4 Å². The molecular weight excluding hydrogens is 480 g/mol. The van der Waals surface area contributed by atoms with Crippen LogP contribution < -0.4 is 14.2 Å². The molecular formula is C28H26O7S. The highest BCUT2D eigenvalue weighted by atomic mass is 32.2. The summed E-state index contributed by atoms with van der Waals surface area (Å²) < 4.78 is 40.5. The zero-order valence-corrected chi connectivity index (χ0v) is 20.9. The summed E-state index contributed by atoms with van der Waals surface area (Å²) in [7, 11) is -0.449. The number of methoxy groups -OCH3 is 2. The van der Waals surface area contributed by atoms with Gasteiger partial charge in [0.25, 0.3) is 0 Å². The Hall–Kier alpha value is -4.17. The van der Waals surface area contributed by atoms with E-state index in [0.717, 1.165) is 11.8 Å². The van der Waals surface area contributed by atoms with Crippen molar-refractivity contribution in [3.05, 3.63) is 84.4 Å². The van der Waals surface area contributed by atoms with Crippen molar-refractivity contribution in [3.8, 4) is 51.0 Å². The molecule has 0 fully saturated rings. The highest BCUT2D eigenvalue weighted by Crippen LogP contribution is 2.50. The molecule has 0 bridgehead atoms. The molecule has 0 atom stereocenters. The number of aromatic hydroxyl groups is 2. The van der Waals surface area contributed by atoms with E-state index in [4.69, 9.17) is 14.2 Å². The van der Waals surface area contributed by atoms with Crippen LogP contribution in [-0.4, -0.2) is 39.1 Å². The van der Waals surface area contributed by atoms with E-state index in [1.165, 1.54) is 32.4 Å². The smallest absolute Gasteiger partial charge is 0.175 e. The van der Waals surface area contributed by atoms with Gasteiger partial charge in [0.05, 0.1) is 24.7 Å². The molecule has 0 amide bonds. The van der Waals surface area contributed by atoms with Crippen LogP contribution in [0.3, 0.4) is 0 Å². The largest absolute Gasteiger partial charge is 0.504 e. The first-order valence-corrected chi connectivity index (χ1v) is 12.9. The number of sulfone groups is 1. The number of benzene rings is 4. The van der Waals surface area contributed by atoms with E-state index >= 15 is 0 Å². The fraction of sp³-hybridized carbons (Fsp3) is 0.143. The first-order valence-electron chi connectivity index (χ1n) is 11.0. The van der Waals surface area contributed by atoms with E-state index in [1.807, 2.05) is 30.3 Å². The molecule has 7 nitrogen and oxygen atoms in total. The second kappa shape index (κ2) is 10.2. The molecule has 0 radical (unpaired) electrons. The van der Waals surface area contributed by atoms with Crippen LogP contribution in [0.2, 0.25) is 0 Å². The fourth-order valence-corrected chi connectivity index (χ4v) is 4.53. The average molecular weight is 507 g/mol. The second-order valence-corrected chi connectivity index (χ2v) is 10.2. The van der Waals surface area contributed by atoms with Crippen LogP contribution in [-0.2, 0) is 16.4 Å². The number of phenols is 2. The van der Waals surface area contributed by atoms with Crippen LogP contribution in [0.4, 0.5) is 0 Å². The summed E-state index contributed by atoms with van der Waals surface area (Å²) in [6.45, 7) is 0.295. The highest BCUT2D eigenvalue weighted by Gasteiger charge is 2.23. The maximum atomic E-state index is 11.8. The molecule has 186 valence electrons. The molecule has 0 aliphatic rings. The maximum absolute atomic E-state index is 11.8. The van der Waals surface area contributed by atoms with Crippen LogP contribution in [0.15, 0.2) is 83.8 Å². The van der Waals surface area contributed by atoms with Gasteiger partial charge in [0, 0.05) is 11.8 Å². The van der Waals surface area contributed by atoms with Crippen molar-refractivity contribution < 1.29 is 32.8 Å². The highest BCUT2D eigenvalue weighted by molar-refractivity contribution is 7.90. The first kappa shape index (κ1) is 24.9. The van der Waals surface area contributed by atoms with E-state index in [9.17, 15) is 18.6 Å². The number of hydrogen-bond acceptors (Lipinski definition) is 7. The molecule has 4 aromatic rings. The standard InChI is InChI=1S/C28H26O7S/c1-33-25-16-22(19-9-12-21(13-10-19)36(3,31)32)28(34-2)27(30)26(25)20-11-14-24(23(29)15-20)35-17-18-7-5-4-6-8-18/h4-16,29-30H,17H2,1-3H3. The molecule has 2 N–H and O–H groups in total. The zero-order chi connectivity index (χ0) is 25.9. The Kier molecular flexibility index (Phi) is 7.07. The van der Waals surface area contributed by atoms with Gasteiger partial charge in [0.2, 0.25) is 0 Å². The monoisotopic (exact) mass is 506 g/mol. The van der Waals surface area contributed by atoms with Gasteiger partial charge in [0.1, 0.15) is 12.4 Å². The Morgan fingerprint density at radius 1 is 0.778 bits per heavy atom. The van der Waals surface area contributed by atoms with Crippen molar-refractivity contribution in [3.63, 3.8) is 0 Å². The third-order valence-electron chi connectivity index (χ3n) is 5.72. The van der Waals surface area contributed by atoms with Gasteiger partial charge in [-0.3, -0.25) is 0 Å². The molecule has 0 saturated carbocycles. The molecule has 0 heterocycles. The lowest BCUT2D eigenvalue weighted by atomic mass is 9.96. The fourth-order valence-electron chi connectivity index (χ4n) is 3.90. The van der Waals surface area contributed by atoms with Gasteiger partial charge < -0.3 is 24.4 Å². The Bertz CT molecular complexity index is 1480. The lowest BCUT2D eigenvalue weighted by molar-refractivity contribution is 0.289. The van der Waals surface area contributed by atoms with Crippen LogP contribution in [0.25, 0.3) is 22.3 Å². The maximum Gasteiger partial charge on any atom is 0.175 e. The molecule has 0 aliphatic heterocycles. The molecule has 0 spiro atoms. The zero-order valence-electron chi connectivity index (χ0n) is 20.1. The van der Waals surface area contributed by atoms with Gasteiger partial charge in [-0.25, -0.2) is 8.42 Å². The average Bonchev–Trinajstić information content (AvgIpc) is 2.87. The summed E-state index contributed by atoms with van der Waals surface area (Å²) in [6.07, 6.45) is 1.14. The number of ether oxygens (including phenoxy) is 3. The minimum absolute atomic E-state index is 0.0932. The third kappa shape index (κ3) is 5.08. The second-order valence-electron chi connectivity index (χ2n) is 8.14. The molecule has 8 heteroatoms. The summed E-state index contributed by atoms with van der Waals surface area (Å²) in [4.78, 5) is 0.183. The van der Waals surface area contributed by atoms with Crippen molar-refractivity contribution in [1.82, 2.24) is 0 Å². The number of phenolic OH excluding ortho intramolecular Hbond substituents is 2. The summed E-state index contributed by atoms with van der Waals surface area (Å²) in [6, 6.07) is 22.4. The molecule has 4 rings (SSSR count). The van der Waals surface area contributed by atoms with Gasteiger partial charge in [-0.2, -0.15) is 0 Å². The molecule has 0 saturated heterocycles. The van der Waals surface area contributed by atoms with E-state index in [-0.39, 0.29) is 22.1 Å². The lowest BCUT2D eigenvalue weighted by Gasteiger charge is -2.18. The van der Waals surface area contributed by atoms with Crippen molar-refractivity contribution in [2.24, 2.45) is 0 Å². The minimum Gasteiger partial charge on any atom is -0.504 e. The van der Waals surface area contributed by atoms with Crippen LogP contribution in [0.5, 0.6) is 28.7 Å². The first-order chi connectivity index (χ1) is 17.2. The summed E-state index contributed by atoms with van der Waals surface area (Å²) in [5.41, 5.74) is 2.93. The van der Waals surface area contributed by atoms with Gasteiger partial charge >= 0.3 is 0 Å². The van der Waals surface area contributed by atoms with Crippen LogP contribution >= 0.6 is 0 Å². The molecule has 0 aliphatic carbocycles. The van der Waals surface area contributed by atoms with Gasteiger partial charge in [0.15, 0.2) is 32.8 Å². The van der Waals surface area contributed by atoms with Crippen LogP contribution in [0.1, 0.15) is 5.56 Å². The van der Waals surface area contributed by atoms with Crippen LogP contribution in [0, 0.1) is 0 Å². The van der Waals surface area contributed by atoms with Gasteiger partial charge in [-0.1, -0.05) is 48.5 Å².